The molecule has 0 atom stereocenters. The van der Waals surface area contributed by atoms with E-state index in [4.69, 9.17) is 0 Å². The molecule has 0 fully saturated rings. The molecule has 2 N–H and O–H groups in total. The van der Waals surface area contributed by atoms with Crippen molar-refractivity contribution in [3.63, 3.8) is 0 Å². The van der Waals surface area contributed by atoms with E-state index in [1.165, 1.54) is 6.33 Å². The van der Waals surface area contributed by atoms with E-state index in [0.717, 1.165) is 11.5 Å². The summed E-state index contributed by atoms with van der Waals surface area (Å²) in [6, 6.07) is 9.63. The largest absolute Gasteiger partial charge is 0.376 e. The summed E-state index contributed by atoms with van der Waals surface area (Å²) in [4.78, 5) is 15.7. The molecular formula is C13H18ClN5O. The molecule has 0 bridgehead atoms. The van der Waals surface area contributed by atoms with Crippen molar-refractivity contribution >= 4 is 24.0 Å². The van der Waals surface area contributed by atoms with E-state index < -0.39 is 0 Å². The maximum atomic E-state index is 11.6. The second-order valence-corrected chi connectivity index (χ2v) is 4.12. The zero-order chi connectivity index (χ0) is 13.5. The van der Waals surface area contributed by atoms with Crippen molar-refractivity contribution < 1.29 is 4.79 Å². The number of aryl methyl sites for hydroxylation is 1. The molecular weight excluding hydrogens is 278 g/mol. The number of carbonyl (C=O) groups is 1. The summed E-state index contributed by atoms with van der Waals surface area (Å²) in [5, 5.41) is 9.86. The first-order chi connectivity index (χ1) is 9.25. The number of aromatic nitrogens is 3. The monoisotopic (exact) mass is 295 g/mol. The van der Waals surface area contributed by atoms with E-state index in [1.54, 1.807) is 4.68 Å². The van der Waals surface area contributed by atoms with Gasteiger partial charge in [0, 0.05) is 25.7 Å². The summed E-state index contributed by atoms with van der Waals surface area (Å²) in [6.45, 7) is 0.824. The Morgan fingerprint density at radius 3 is 2.70 bits per heavy atom. The number of hydrogen-bond donors (Lipinski definition) is 2. The molecule has 6 nitrogen and oxygen atoms in total. The Kier molecular flexibility index (Phi) is 6.52. The standard InChI is InChI=1S/C13H17N5O.ClH/c1-18-12(16-10-17-18)7-8-14-13(19)9-15-11-5-3-2-4-6-11;/h2-6,10,15H,7-9H2,1H3,(H,14,19);1H. The molecule has 0 aliphatic heterocycles. The van der Waals surface area contributed by atoms with Crippen molar-refractivity contribution in [2.45, 2.75) is 6.42 Å². The van der Waals surface area contributed by atoms with E-state index in [0.29, 0.717) is 13.0 Å². The number of benzene rings is 1. The molecule has 0 aliphatic carbocycles. The number of rotatable bonds is 6. The van der Waals surface area contributed by atoms with E-state index in [1.807, 2.05) is 37.4 Å². The average molecular weight is 296 g/mol. The number of para-hydroxylation sites is 1. The van der Waals surface area contributed by atoms with Gasteiger partial charge in [0.2, 0.25) is 5.91 Å². The zero-order valence-corrected chi connectivity index (χ0v) is 12.1. The van der Waals surface area contributed by atoms with Gasteiger partial charge >= 0.3 is 0 Å². The molecule has 20 heavy (non-hydrogen) atoms. The molecule has 0 saturated heterocycles. The van der Waals surface area contributed by atoms with E-state index in [9.17, 15) is 4.79 Å². The summed E-state index contributed by atoms with van der Waals surface area (Å²) >= 11 is 0. The Hall–Kier alpha value is -2.08. The number of nitrogens with zero attached hydrogens (tertiary/aromatic N) is 3. The van der Waals surface area contributed by atoms with Crippen molar-refractivity contribution in [3.8, 4) is 0 Å². The van der Waals surface area contributed by atoms with Crippen LogP contribution in [0.2, 0.25) is 0 Å². The van der Waals surface area contributed by atoms with E-state index in [2.05, 4.69) is 20.7 Å². The van der Waals surface area contributed by atoms with Crippen LogP contribution in [0.4, 0.5) is 5.69 Å². The van der Waals surface area contributed by atoms with E-state index in [-0.39, 0.29) is 24.9 Å². The fraction of sp³-hybridized carbons (Fsp3) is 0.308. The molecule has 0 radical (unpaired) electrons. The molecule has 0 saturated carbocycles. The lowest BCUT2D eigenvalue weighted by atomic mass is 10.3. The van der Waals surface area contributed by atoms with Gasteiger partial charge in [-0.25, -0.2) is 4.98 Å². The van der Waals surface area contributed by atoms with Crippen molar-refractivity contribution in [2.75, 3.05) is 18.4 Å². The summed E-state index contributed by atoms with van der Waals surface area (Å²) in [5.74, 6) is 0.822. The molecule has 0 aliphatic rings. The molecule has 1 amide bonds. The maximum absolute atomic E-state index is 11.6. The van der Waals surface area contributed by atoms with Gasteiger partial charge in [-0.15, -0.1) is 12.4 Å². The Bertz CT molecular complexity index is 529. The average Bonchev–Trinajstić information content (AvgIpc) is 2.83. The summed E-state index contributed by atoms with van der Waals surface area (Å²) in [7, 11) is 1.83. The minimum Gasteiger partial charge on any atom is -0.376 e. The van der Waals surface area contributed by atoms with Gasteiger partial charge < -0.3 is 10.6 Å². The minimum atomic E-state index is -0.0361. The maximum Gasteiger partial charge on any atom is 0.239 e. The fourth-order valence-electron chi connectivity index (χ4n) is 1.66. The van der Waals surface area contributed by atoms with Gasteiger partial charge in [-0.3, -0.25) is 9.48 Å². The van der Waals surface area contributed by atoms with Crippen LogP contribution in [-0.4, -0.2) is 33.8 Å². The Morgan fingerprint density at radius 2 is 2.05 bits per heavy atom. The first kappa shape index (κ1) is 16.0. The van der Waals surface area contributed by atoms with Crippen LogP contribution in [0.1, 0.15) is 5.82 Å². The van der Waals surface area contributed by atoms with Gasteiger partial charge in [0.05, 0.1) is 6.54 Å². The molecule has 1 aromatic heterocycles. The number of anilines is 1. The highest BCUT2D eigenvalue weighted by Gasteiger charge is 2.03. The van der Waals surface area contributed by atoms with Crippen LogP contribution >= 0.6 is 12.4 Å². The van der Waals surface area contributed by atoms with Crippen molar-refractivity contribution in [2.24, 2.45) is 7.05 Å². The first-order valence-corrected chi connectivity index (χ1v) is 6.14. The van der Waals surface area contributed by atoms with Crippen LogP contribution in [-0.2, 0) is 18.3 Å². The molecule has 1 heterocycles. The molecule has 2 aromatic rings. The summed E-state index contributed by atoms with van der Waals surface area (Å²) in [5.41, 5.74) is 0.936. The third-order valence-corrected chi connectivity index (χ3v) is 2.70. The normalized spacial score (nSPS) is 9.65. The predicted molar refractivity (Wildman–Crippen MR) is 79.9 cm³/mol. The molecule has 108 valence electrons. The number of amides is 1. The van der Waals surface area contributed by atoms with Gasteiger partial charge in [-0.05, 0) is 12.1 Å². The third kappa shape index (κ3) is 4.89. The van der Waals surface area contributed by atoms with Crippen LogP contribution in [0.5, 0.6) is 0 Å². The second-order valence-electron chi connectivity index (χ2n) is 4.12. The van der Waals surface area contributed by atoms with Crippen molar-refractivity contribution in [1.82, 2.24) is 20.1 Å². The molecule has 0 spiro atoms. The lowest BCUT2D eigenvalue weighted by molar-refractivity contribution is -0.119. The SMILES string of the molecule is Cl.Cn1ncnc1CCNC(=O)CNc1ccccc1. The summed E-state index contributed by atoms with van der Waals surface area (Å²) < 4.78 is 1.70. The van der Waals surface area contributed by atoms with Gasteiger partial charge in [0.15, 0.2) is 0 Å². The minimum absolute atomic E-state index is 0. The fourth-order valence-corrected chi connectivity index (χ4v) is 1.66. The molecule has 1 aromatic carbocycles. The van der Waals surface area contributed by atoms with Crippen LogP contribution in [0.15, 0.2) is 36.7 Å². The second kappa shape index (κ2) is 8.16. The highest BCUT2D eigenvalue weighted by atomic mass is 35.5. The number of halogens is 1. The Balaban J connectivity index is 0.00000200. The van der Waals surface area contributed by atoms with Crippen LogP contribution in [0.25, 0.3) is 0 Å². The molecule has 0 unspecified atom stereocenters. The summed E-state index contributed by atoms with van der Waals surface area (Å²) in [6.07, 6.45) is 2.18. The quantitative estimate of drug-likeness (QED) is 0.834. The highest BCUT2D eigenvalue weighted by Crippen LogP contribution is 2.03. The third-order valence-electron chi connectivity index (χ3n) is 2.70. The smallest absolute Gasteiger partial charge is 0.239 e. The zero-order valence-electron chi connectivity index (χ0n) is 11.2. The lowest BCUT2D eigenvalue weighted by Gasteiger charge is -2.07. The number of carbonyl (C=O) groups excluding carboxylic acids is 1. The highest BCUT2D eigenvalue weighted by molar-refractivity contribution is 5.85. The molecule has 2 rings (SSSR count). The lowest BCUT2D eigenvalue weighted by Crippen LogP contribution is -2.31. The van der Waals surface area contributed by atoms with Crippen LogP contribution in [0.3, 0.4) is 0 Å². The first-order valence-electron chi connectivity index (χ1n) is 6.14. The van der Waals surface area contributed by atoms with Crippen LogP contribution in [0, 0.1) is 0 Å². The van der Waals surface area contributed by atoms with Crippen molar-refractivity contribution in [1.29, 1.82) is 0 Å². The Labute approximate surface area is 124 Å². The number of nitrogens with one attached hydrogen (secondary N) is 2. The topological polar surface area (TPSA) is 71.8 Å². The van der Waals surface area contributed by atoms with Gasteiger partial charge in [0.25, 0.3) is 0 Å². The van der Waals surface area contributed by atoms with Crippen LogP contribution < -0.4 is 10.6 Å². The van der Waals surface area contributed by atoms with E-state index >= 15 is 0 Å². The predicted octanol–water partition coefficient (Wildman–Crippen LogP) is 1.01. The van der Waals surface area contributed by atoms with Gasteiger partial charge in [0.1, 0.15) is 12.2 Å². The van der Waals surface area contributed by atoms with Crippen molar-refractivity contribution in [3.05, 3.63) is 42.5 Å². The van der Waals surface area contributed by atoms with Gasteiger partial charge in [-0.2, -0.15) is 5.10 Å². The number of hydrogen-bond acceptors (Lipinski definition) is 4. The molecule has 7 heteroatoms. The Morgan fingerprint density at radius 1 is 1.30 bits per heavy atom. The van der Waals surface area contributed by atoms with Gasteiger partial charge in [-0.1, -0.05) is 18.2 Å².